The average Bonchev–Trinajstić information content (AvgIpc) is 2.15. The van der Waals surface area contributed by atoms with E-state index in [1.54, 1.807) is 0 Å². The fourth-order valence-electron chi connectivity index (χ4n) is 0.887. The fraction of sp³-hybridized carbons (Fsp3) is 0. The van der Waals surface area contributed by atoms with Crippen molar-refractivity contribution < 1.29 is 18.0 Å². The van der Waals surface area contributed by atoms with Gasteiger partial charge in [-0.3, -0.25) is 4.79 Å². The predicted molar refractivity (Wildman–Crippen MR) is 44.4 cm³/mol. The third-order valence-electron chi connectivity index (χ3n) is 1.53. The summed E-state index contributed by atoms with van der Waals surface area (Å²) in [5, 5.41) is 0. The Morgan fingerprint density at radius 1 is 1.29 bits per heavy atom. The highest BCUT2D eigenvalue weighted by molar-refractivity contribution is 6.04. The lowest BCUT2D eigenvalue weighted by Gasteiger charge is -1.99. The number of ketones is 1. The number of halogens is 3. The van der Waals surface area contributed by atoms with Gasteiger partial charge in [0.2, 0.25) is 0 Å². The molecule has 0 radical (unpaired) electrons. The van der Waals surface area contributed by atoms with Gasteiger partial charge in [-0.25, -0.2) is 13.2 Å². The zero-order valence-electron chi connectivity index (χ0n) is 6.98. The molecule has 0 N–H and O–H groups in total. The molecule has 0 bridgehead atoms. The number of carbonyl (C=O) groups excluding carboxylic acids is 1. The maximum atomic E-state index is 12.9. The van der Waals surface area contributed by atoms with Crippen LogP contribution in [-0.4, -0.2) is 5.78 Å². The summed E-state index contributed by atoms with van der Waals surface area (Å²) in [5.41, 5.74) is 1.58. The second-order valence-corrected chi connectivity index (χ2v) is 2.44. The Morgan fingerprint density at radius 3 is 2.50 bits per heavy atom. The Kier molecular flexibility index (Phi) is 2.89. The molecule has 0 aliphatic carbocycles. The molecule has 1 rings (SSSR count). The summed E-state index contributed by atoms with van der Waals surface area (Å²) in [6.45, 7) is 3.10. The van der Waals surface area contributed by atoms with Crippen molar-refractivity contribution in [2.75, 3.05) is 0 Å². The standard InChI is InChI=1S/C10H5F3O/c1-2-3-8(14)6-4-5-7(11)10(13)9(6)12/h3-5H,1H2. The lowest BCUT2D eigenvalue weighted by Crippen LogP contribution is -2.02. The molecule has 1 aromatic rings. The molecule has 0 spiro atoms. The summed E-state index contributed by atoms with van der Waals surface area (Å²) in [7, 11) is 0. The Morgan fingerprint density at radius 2 is 1.93 bits per heavy atom. The third-order valence-corrected chi connectivity index (χ3v) is 1.53. The monoisotopic (exact) mass is 198 g/mol. The fourth-order valence-corrected chi connectivity index (χ4v) is 0.887. The molecule has 72 valence electrons. The molecule has 0 heterocycles. The van der Waals surface area contributed by atoms with E-state index in [9.17, 15) is 18.0 Å². The van der Waals surface area contributed by atoms with Gasteiger partial charge in [0.15, 0.2) is 23.2 Å². The summed E-state index contributed by atoms with van der Waals surface area (Å²) in [4.78, 5) is 11.0. The van der Waals surface area contributed by atoms with Crippen LogP contribution in [0.4, 0.5) is 13.2 Å². The topological polar surface area (TPSA) is 17.1 Å². The predicted octanol–water partition coefficient (Wildman–Crippen LogP) is 2.63. The van der Waals surface area contributed by atoms with Crippen molar-refractivity contribution in [2.45, 2.75) is 0 Å². The van der Waals surface area contributed by atoms with E-state index < -0.39 is 28.8 Å². The van der Waals surface area contributed by atoms with Crippen LogP contribution in [-0.2, 0) is 0 Å². The van der Waals surface area contributed by atoms with Crippen molar-refractivity contribution in [2.24, 2.45) is 0 Å². The molecule has 14 heavy (non-hydrogen) atoms. The minimum Gasteiger partial charge on any atom is -0.288 e. The van der Waals surface area contributed by atoms with Gasteiger partial charge >= 0.3 is 0 Å². The van der Waals surface area contributed by atoms with Gasteiger partial charge in [-0.2, -0.15) is 0 Å². The first-order valence-electron chi connectivity index (χ1n) is 3.61. The quantitative estimate of drug-likeness (QED) is 0.309. The number of hydrogen-bond acceptors (Lipinski definition) is 1. The van der Waals surface area contributed by atoms with Crippen LogP contribution in [0.1, 0.15) is 10.4 Å². The summed E-state index contributed by atoms with van der Waals surface area (Å²) in [6, 6.07) is 1.55. The van der Waals surface area contributed by atoms with Crippen LogP contribution in [0, 0.1) is 17.5 Å². The van der Waals surface area contributed by atoms with Crippen LogP contribution in [0.3, 0.4) is 0 Å². The Labute approximate surface area is 78.2 Å². The maximum Gasteiger partial charge on any atom is 0.196 e. The molecule has 0 aliphatic rings. The van der Waals surface area contributed by atoms with E-state index in [4.69, 9.17) is 0 Å². The normalized spacial score (nSPS) is 9.36. The second kappa shape index (κ2) is 3.94. The molecule has 0 atom stereocenters. The van der Waals surface area contributed by atoms with Gasteiger partial charge in [0.25, 0.3) is 0 Å². The van der Waals surface area contributed by atoms with Crippen molar-refractivity contribution >= 4 is 5.78 Å². The van der Waals surface area contributed by atoms with E-state index in [1.807, 2.05) is 0 Å². The molecule has 0 saturated heterocycles. The second-order valence-electron chi connectivity index (χ2n) is 2.44. The van der Waals surface area contributed by atoms with E-state index >= 15 is 0 Å². The van der Waals surface area contributed by atoms with Crippen molar-refractivity contribution in [3.63, 3.8) is 0 Å². The summed E-state index contributed by atoms with van der Waals surface area (Å²) < 4.78 is 38.0. The SMILES string of the molecule is C=C=CC(=O)c1ccc(F)c(F)c1F. The first-order valence-corrected chi connectivity index (χ1v) is 3.61. The smallest absolute Gasteiger partial charge is 0.196 e. The molecule has 0 aliphatic heterocycles. The van der Waals surface area contributed by atoms with Crippen LogP contribution in [0.15, 0.2) is 30.5 Å². The van der Waals surface area contributed by atoms with E-state index in [-0.39, 0.29) is 0 Å². The molecular formula is C10H5F3O. The lowest BCUT2D eigenvalue weighted by molar-refractivity contribution is 0.104. The highest BCUT2D eigenvalue weighted by Crippen LogP contribution is 2.15. The molecule has 0 saturated carbocycles. The molecule has 0 aromatic heterocycles. The molecular weight excluding hydrogens is 193 g/mol. The first-order chi connectivity index (χ1) is 6.57. The first kappa shape index (κ1) is 10.3. The molecule has 0 amide bonds. The summed E-state index contributed by atoms with van der Waals surface area (Å²) >= 11 is 0. The van der Waals surface area contributed by atoms with Gasteiger partial charge < -0.3 is 0 Å². The number of benzene rings is 1. The minimum absolute atomic E-state index is 0.542. The lowest BCUT2D eigenvalue weighted by atomic mass is 10.1. The highest BCUT2D eigenvalue weighted by atomic mass is 19.2. The van der Waals surface area contributed by atoms with Crippen molar-refractivity contribution in [1.82, 2.24) is 0 Å². The van der Waals surface area contributed by atoms with Gasteiger partial charge in [0.05, 0.1) is 5.56 Å². The van der Waals surface area contributed by atoms with Crippen molar-refractivity contribution in [3.05, 3.63) is 53.5 Å². The van der Waals surface area contributed by atoms with Crippen LogP contribution in [0.5, 0.6) is 0 Å². The number of rotatable bonds is 2. The van der Waals surface area contributed by atoms with E-state index in [1.165, 1.54) is 0 Å². The molecule has 0 unspecified atom stereocenters. The Balaban J connectivity index is 3.31. The van der Waals surface area contributed by atoms with E-state index in [0.717, 1.165) is 12.1 Å². The molecule has 0 fully saturated rings. The Hall–Kier alpha value is -1.80. The van der Waals surface area contributed by atoms with Gasteiger partial charge in [0.1, 0.15) is 0 Å². The van der Waals surface area contributed by atoms with E-state index in [0.29, 0.717) is 6.07 Å². The molecule has 1 aromatic carbocycles. The van der Waals surface area contributed by atoms with Gasteiger partial charge in [-0.1, -0.05) is 6.58 Å². The minimum atomic E-state index is -1.66. The summed E-state index contributed by atoms with van der Waals surface area (Å²) in [5.74, 6) is -5.30. The zero-order chi connectivity index (χ0) is 10.7. The average molecular weight is 198 g/mol. The third kappa shape index (κ3) is 1.75. The summed E-state index contributed by atoms with van der Waals surface area (Å²) in [6.07, 6.45) is 0.843. The molecule has 1 nitrogen and oxygen atoms in total. The van der Waals surface area contributed by atoms with Crippen LogP contribution < -0.4 is 0 Å². The number of carbonyl (C=O) groups is 1. The highest BCUT2D eigenvalue weighted by Gasteiger charge is 2.16. The van der Waals surface area contributed by atoms with Crippen LogP contribution in [0.2, 0.25) is 0 Å². The van der Waals surface area contributed by atoms with Crippen LogP contribution >= 0.6 is 0 Å². The number of hydrogen-bond donors (Lipinski definition) is 0. The van der Waals surface area contributed by atoms with Gasteiger partial charge in [-0.15, -0.1) is 5.73 Å². The van der Waals surface area contributed by atoms with Gasteiger partial charge in [0, 0.05) is 6.08 Å². The van der Waals surface area contributed by atoms with Crippen molar-refractivity contribution in [3.8, 4) is 0 Å². The molecule has 4 heteroatoms. The number of allylic oxidation sites excluding steroid dienone is 1. The van der Waals surface area contributed by atoms with Crippen LogP contribution in [0.25, 0.3) is 0 Å². The maximum absolute atomic E-state index is 12.9. The van der Waals surface area contributed by atoms with Gasteiger partial charge in [-0.05, 0) is 12.1 Å². The van der Waals surface area contributed by atoms with E-state index in [2.05, 4.69) is 12.3 Å². The zero-order valence-corrected chi connectivity index (χ0v) is 6.98. The largest absolute Gasteiger partial charge is 0.288 e. The Bertz CT molecular complexity index is 431. The van der Waals surface area contributed by atoms with Crippen molar-refractivity contribution in [1.29, 1.82) is 0 Å².